The van der Waals surface area contributed by atoms with Gasteiger partial charge in [-0.05, 0) is 93.5 Å². The number of hydrogen-bond donors (Lipinski definition) is 2. The third-order valence-electron chi connectivity index (χ3n) is 14.3. The first-order valence-electron chi connectivity index (χ1n) is 23.6. The van der Waals surface area contributed by atoms with Crippen molar-refractivity contribution in [2.24, 2.45) is 0 Å². The summed E-state index contributed by atoms with van der Waals surface area (Å²) < 4.78 is 48.6. The highest BCUT2D eigenvalue weighted by Crippen LogP contribution is 2.65. The van der Waals surface area contributed by atoms with E-state index in [1.54, 1.807) is 45.1 Å². The van der Waals surface area contributed by atoms with Gasteiger partial charge in [0.05, 0.1) is 37.6 Å². The molecule has 11 rings (SSSR count). The lowest BCUT2D eigenvalue weighted by Gasteiger charge is -2.62. The van der Waals surface area contributed by atoms with Gasteiger partial charge in [-0.1, -0.05) is 42.5 Å². The number of nitriles is 1. The van der Waals surface area contributed by atoms with Gasteiger partial charge in [0.15, 0.2) is 40.0 Å². The zero-order chi connectivity index (χ0) is 50.1. The molecule has 71 heavy (non-hydrogen) atoms. The van der Waals surface area contributed by atoms with Crippen LogP contribution in [0.5, 0.6) is 40.2 Å². The molecule has 0 aromatic heterocycles. The molecule has 7 aliphatic rings. The van der Waals surface area contributed by atoms with Crippen molar-refractivity contribution in [2.75, 3.05) is 46.5 Å². The van der Waals surface area contributed by atoms with Gasteiger partial charge >= 0.3 is 18.1 Å². The van der Waals surface area contributed by atoms with Crippen LogP contribution < -0.4 is 33.7 Å². The molecule has 0 amide bonds. The quantitative estimate of drug-likeness (QED) is 0.0571. The highest BCUT2D eigenvalue weighted by molar-refractivity contribution is 7.99. The lowest BCUT2D eigenvalue weighted by atomic mass is 9.71. The van der Waals surface area contributed by atoms with E-state index < -0.39 is 64.7 Å². The van der Waals surface area contributed by atoms with Gasteiger partial charge in [0.25, 0.3) is 0 Å². The summed E-state index contributed by atoms with van der Waals surface area (Å²) in [5.74, 6) is 0.553. The van der Waals surface area contributed by atoms with Gasteiger partial charge in [0.2, 0.25) is 6.79 Å². The Morgan fingerprint density at radius 1 is 1.00 bits per heavy atom. The fourth-order valence-electron chi connectivity index (χ4n) is 11.6. The van der Waals surface area contributed by atoms with Crippen molar-refractivity contribution < 1.29 is 57.4 Å². The van der Waals surface area contributed by atoms with Crippen molar-refractivity contribution in [3.05, 3.63) is 117 Å². The standard InChI is InChI=1S/C54H56N4O12S/c1-9-19-57-34-21-32-20-28(2)46(64-8)45(60)40(32)43(57)44-50-42-41(49-48(66-27-67-49)29(3)47(42)69-39(59)16-15-30-13-11-10-12-14-30)36(58(44)35(34)24-55)25-65-51(61)54(26-71-50)33-23-37(63-7)38(22-31(33)17-18-56-54)68-52(62)70-53(4,5)6/h9-16,20,22-23,34-36,43-44,50,56,60H,1,17-19,21,25-27H2,2-8H3/t34-,35-,36-,43-,44?,50+,54+/m0/s1. The number of benzene rings is 4. The number of hydrogen-bond acceptors (Lipinski definition) is 17. The Hall–Kier alpha value is -6.71. The number of fused-ring (bicyclic) bond motifs is 9. The van der Waals surface area contributed by atoms with Crippen LogP contribution in [0.3, 0.4) is 0 Å². The van der Waals surface area contributed by atoms with Crippen LogP contribution in [0.25, 0.3) is 6.08 Å². The number of phenols is 1. The number of aromatic hydroxyl groups is 1. The van der Waals surface area contributed by atoms with Gasteiger partial charge in [-0.25, -0.2) is 14.4 Å². The minimum atomic E-state index is -1.50. The molecule has 0 aliphatic carbocycles. The molecule has 17 heteroatoms. The topological polar surface area (TPSA) is 188 Å². The molecule has 4 bridgehead atoms. The second-order valence-corrected chi connectivity index (χ2v) is 20.7. The molecule has 2 N–H and O–H groups in total. The van der Waals surface area contributed by atoms with Crippen LogP contribution >= 0.6 is 11.8 Å². The van der Waals surface area contributed by atoms with E-state index in [9.17, 15) is 20.0 Å². The Labute approximate surface area is 416 Å². The van der Waals surface area contributed by atoms with Crippen LogP contribution in [0.4, 0.5) is 4.79 Å². The molecule has 7 heterocycles. The summed E-state index contributed by atoms with van der Waals surface area (Å²) in [7, 11) is 2.98. The number of aryl methyl sites for hydroxylation is 1. The van der Waals surface area contributed by atoms with E-state index in [0.29, 0.717) is 71.0 Å². The third kappa shape index (κ3) is 8.01. The van der Waals surface area contributed by atoms with E-state index in [-0.39, 0.29) is 42.2 Å². The zero-order valence-electron chi connectivity index (χ0n) is 40.7. The molecular weight excluding hydrogens is 929 g/mol. The van der Waals surface area contributed by atoms with Crippen molar-refractivity contribution in [3.8, 4) is 46.3 Å². The lowest BCUT2D eigenvalue weighted by molar-refractivity contribution is -0.157. The van der Waals surface area contributed by atoms with Gasteiger partial charge in [-0.3, -0.25) is 15.1 Å². The van der Waals surface area contributed by atoms with E-state index in [2.05, 4.69) is 27.8 Å². The number of phenolic OH excluding ortho intramolecular Hbond substituents is 1. The molecule has 0 saturated carbocycles. The van der Waals surface area contributed by atoms with Gasteiger partial charge in [0, 0.05) is 59.3 Å². The van der Waals surface area contributed by atoms with Crippen molar-refractivity contribution in [3.63, 3.8) is 0 Å². The molecule has 1 unspecified atom stereocenters. The fraction of sp³-hybridized carbons (Fsp3) is 0.407. The Balaban J connectivity index is 1.20. The number of carbonyl (C=O) groups excluding carboxylic acids is 3. The smallest absolute Gasteiger partial charge is 0.504 e. The maximum Gasteiger partial charge on any atom is 0.514 e. The largest absolute Gasteiger partial charge is 0.514 e. The molecule has 370 valence electrons. The number of ether oxygens (including phenoxy) is 8. The van der Waals surface area contributed by atoms with Crippen molar-refractivity contribution >= 4 is 35.9 Å². The van der Waals surface area contributed by atoms with Gasteiger partial charge in [0.1, 0.15) is 24.0 Å². The number of piperazine rings is 1. The lowest BCUT2D eigenvalue weighted by Crippen LogP contribution is -2.70. The molecule has 4 aromatic carbocycles. The molecule has 16 nitrogen and oxygen atoms in total. The van der Waals surface area contributed by atoms with Crippen LogP contribution in [-0.4, -0.2) is 103 Å². The summed E-state index contributed by atoms with van der Waals surface area (Å²) in [6.45, 7) is 13.4. The van der Waals surface area contributed by atoms with E-state index in [0.717, 1.165) is 22.3 Å². The van der Waals surface area contributed by atoms with Gasteiger partial charge < -0.3 is 43.0 Å². The number of methoxy groups -OCH3 is 2. The Bertz CT molecular complexity index is 2930. The predicted molar refractivity (Wildman–Crippen MR) is 262 cm³/mol. The van der Waals surface area contributed by atoms with Crippen LogP contribution in [0.15, 0.2) is 67.3 Å². The van der Waals surface area contributed by atoms with Crippen LogP contribution in [0, 0.1) is 25.2 Å². The van der Waals surface area contributed by atoms with Gasteiger partial charge in [-0.2, -0.15) is 5.26 Å². The van der Waals surface area contributed by atoms with Crippen LogP contribution in [0.1, 0.15) is 88.2 Å². The van der Waals surface area contributed by atoms with Gasteiger partial charge in [-0.15, -0.1) is 18.3 Å². The maximum atomic E-state index is 15.3. The maximum absolute atomic E-state index is 15.3. The zero-order valence-corrected chi connectivity index (χ0v) is 41.5. The fourth-order valence-corrected chi connectivity index (χ4v) is 13.3. The van der Waals surface area contributed by atoms with Crippen LogP contribution in [-0.2, 0) is 37.4 Å². The summed E-state index contributed by atoms with van der Waals surface area (Å²) in [5, 5.41) is 26.8. The Morgan fingerprint density at radius 3 is 2.49 bits per heavy atom. The summed E-state index contributed by atoms with van der Waals surface area (Å²) in [4.78, 5) is 46.9. The number of thioether (sulfide) groups is 1. The Kier molecular flexibility index (Phi) is 12.5. The SMILES string of the molecule is C=CCN1[C@H]2c3c(cc(C)c(OC)c3O)C[C@H]1[C@H](C#N)N1C2[C@@H]2SC[C@]3(NCCc4cc(OC(=O)OC(C)(C)C)c(OC)cc43)C(=O)OC[C@H]1c1c3c(c(C)c(OC(=O)C=Cc4ccccc4)c12)OCO3. The first-order chi connectivity index (χ1) is 34.1. The molecular formula is C54H56N4O12S. The number of nitrogens with one attached hydrogen (secondary N) is 1. The van der Waals surface area contributed by atoms with Crippen molar-refractivity contribution in [1.82, 2.24) is 15.1 Å². The van der Waals surface area contributed by atoms with E-state index >= 15 is 4.79 Å². The first kappa shape index (κ1) is 47.9. The molecule has 2 saturated heterocycles. The monoisotopic (exact) mass is 984 g/mol. The number of rotatable bonds is 8. The summed E-state index contributed by atoms with van der Waals surface area (Å²) in [6.07, 6.45) is 4.85. The number of carbonyl (C=O) groups is 3. The highest BCUT2D eigenvalue weighted by Gasteiger charge is 2.62. The molecule has 7 atom stereocenters. The third-order valence-corrected chi connectivity index (χ3v) is 15.8. The number of esters is 2. The Morgan fingerprint density at radius 2 is 1.77 bits per heavy atom. The summed E-state index contributed by atoms with van der Waals surface area (Å²) >= 11 is 1.44. The average Bonchev–Trinajstić information content (AvgIpc) is 3.83. The summed E-state index contributed by atoms with van der Waals surface area (Å²) in [6, 6.07) is 14.2. The highest BCUT2D eigenvalue weighted by atomic mass is 32.2. The minimum Gasteiger partial charge on any atom is -0.504 e. The van der Waals surface area contributed by atoms with E-state index in [1.165, 1.54) is 32.1 Å². The molecule has 0 radical (unpaired) electrons. The molecule has 7 aliphatic heterocycles. The van der Waals surface area contributed by atoms with E-state index in [4.69, 9.17) is 37.9 Å². The van der Waals surface area contributed by atoms with Crippen LogP contribution in [0.2, 0.25) is 0 Å². The molecule has 2 fully saturated rings. The predicted octanol–water partition coefficient (Wildman–Crippen LogP) is 7.85. The molecule has 1 spiro atoms. The summed E-state index contributed by atoms with van der Waals surface area (Å²) in [5.41, 5.74) is 3.79. The second-order valence-electron chi connectivity index (χ2n) is 19.5. The average molecular weight is 985 g/mol. The minimum absolute atomic E-state index is 0.00426. The van der Waals surface area contributed by atoms with E-state index in [1.807, 2.05) is 50.2 Å². The van der Waals surface area contributed by atoms with Crippen molar-refractivity contribution in [1.29, 1.82) is 5.26 Å². The first-order valence-corrected chi connectivity index (χ1v) is 24.7. The van der Waals surface area contributed by atoms with Crippen molar-refractivity contribution in [2.45, 2.75) is 94.1 Å². The second kappa shape index (κ2) is 18.5. The number of nitrogens with zero attached hydrogens (tertiary/aromatic N) is 3. The normalized spacial score (nSPS) is 25.2. The molecule has 4 aromatic rings.